The van der Waals surface area contributed by atoms with E-state index in [-0.39, 0.29) is 0 Å². The Morgan fingerprint density at radius 2 is 2.20 bits per heavy atom. The molecule has 0 aliphatic heterocycles. The fraction of sp³-hybridized carbons (Fsp3) is 0.615. The molecule has 0 fully saturated rings. The number of nitrogens with zero attached hydrogens (tertiary/aromatic N) is 5. The van der Waals surface area contributed by atoms with Crippen LogP contribution in [0.4, 0.5) is 0 Å². The highest BCUT2D eigenvalue weighted by Gasteiger charge is 2.09. The molecule has 0 aromatic carbocycles. The number of hydrogen-bond donors (Lipinski definition) is 0. The Morgan fingerprint density at radius 1 is 1.40 bits per heavy atom. The molecule has 0 amide bonds. The number of thioether (sulfide) groups is 1. The van der Waals surface area contributed by atoms with Crippen LogP contribution in [0.15, 0.2) is 10.6 Å². The zero-order valence-electron chi connectivity index (χ0n) is 12.5. The normalized spacial score (nSPS) is 11.4. The summed E-state index contributed by atoms with van der Waals surface area (Å²) in [6.07, 6.45) is 2.02. The van der Waals surface area contributed by atoms with Crippen molar-refractivity contribution in [3.63, 3.8) is 0 Å². The monoisotopic (exact) mass is 295 g/mol. The maximum atomic E-state index is 5.23. The summed E-state index contributed by atoms with van der Waals surface area (Å²) in [6.45, 7) is 6.51. The van der Waals surface area contributed by atoms with Crippen molar-refractivity contribution in [2.75, 3.05) is 19.8 Å². The van der Waals surface area contributed by atoms with Crippen LogP contribution in [0.2, 0.25) is 0 Å². The van der Waals surface area contributed by atoms with Gasteiger partial charge in [0.1, 0.15) is 0 Å². The van der Waals surface area contributed by atoms with Gasteiger partial charge in [-0.3, -0.25) is 9.58 Å². The van der Waals surface area contributed by atoms with Crippen LogP contribution in [0.1, 0.15) is 23.1 Å². The minimum absolute atomic E-state index is 0.667. The lowest BCUT2D eigenvalue weighted by Gasteiger charge is -2.14. The standard InChI is InChI=1S/C13H21N5OS/c1-10-7-11(2)18(15-10)6-5-17(3)8-13-14-12(9-20-4)16-19-13/h7H,5-6,8-9H2,1-4H3. The molecule has 0 spiro atoms. The summed E-state index contributed by atoms with van der Waals surface area (Å²) in [7, 11) is 2.05. The maximum Gasteiger partial charge on any atom is 0.240 e. The van der Waals surface area contributed by atoms with E-state index in [9.17, 15) is 0 Å². The van der Waals surface area contributed by atoms with Crippen LogP contribution in [-0.2, 0) is 18.8 Å². The van der Waals surface area contributed by atoms with Gasteiger partial charge >= 0.3 is 0 Å². The van der Waals surface area contributed by atoms with E-state index in [1.165, 1.54) is 5.69 Å². The van der Waals surface area contributed by atoms with Crippen molar-refractivity contribution >= 4 is 11.8 Å². The van der Waals surface area contributed by atoms with E-state index < -0.39 is 0 Å². The highest BCUT2D eigenvalue weighted by atomic mass is 32.2. The Morgan fingerprint density at radius 3 is 2.85 bits per heavy atom. The van der Waals surface area contributed by atoms with Crippen molar-refractivity contribution in [3.05, 3.63) is 29.2 Å². The number of likely N-dealkylation sites (N-methyl/N-ethyl adjacent to an activating group) is 1. The summed E-state index contributed by atoms with van der Waals surface area (Å²) < 4.78 is 7.26. The molecule has 0 aliphatic rings. The Hall–Kier alpha value is -1.34. The predicted molar refractivity (Wildman–Crippen MR) is 79.6 cm³/mol. The van der Waals surface area contributed by atoms with Crippen LogP contribution in [0.5, 0.6) is 0 Å². The third-order valence-corrected chi connectivity index (χ3v) is 3.53. The molecule has 0 aliphatic carbocycles. The Kier molecular flexibility index (Phi) is 5.19. The highest BCUT2D eigenvalue weighted by Crippen LogP contribution is 2.07. The van der Waals surface area contributed by atoms with Crippen molar-refractivity contribution < 1.29 is 4.52 Å². The second-order valence-electron chi connectivity index (χ2n) is 4.93. The van der Waals surface area contributed by atoms with E-state index in [1.807, 2.05) is 24.9 Å². The maximum absolute atomic E-state index is 5.23. The summed E-state index contributed by atoms with van der Waals surface area (Å²) in [6, 6.07) is 2.09. The molecule has 2 rings (SSSR count). The Bertz CT molecular complexity index is 551. The summed E-state index contributed by atoms with van der Waals surface area (Å²) in [5, 5.41) is 8.40. The lowest BCUT2D eigenvalue weighted by Crippen LogP contribution is -2.23. The van der Waals surface area contributed by atoms with Gasteiger partial charge in [-0.25, -0.2) is 0 Å². The molecule has 20 heavy (non-hydrogen) atoms. The summed E-state index contributed by atoms with van der Waals surface area (Å²) >= 11 is 1.69. The first kappa shape index (κ1) is 15.1. The summed E-state index contributed by atoms with van der Waals surface area (Å²) in [5.74, 6) is 2.23. The van der Waals surface area contributed by atoms with E-state index in [0.717, 1.165) is 30.4 Å². The van der Waals surface area contributed by atoms with Gasteiger partial charge in [-0.05, 0) is 33.2 Å². The molecular formula is C13H21N5OS. The molecule has 6 nitrogen and oxygen atoms in total. The minimum atomic E-state index is 0.667. The number of aromatic nitrogens is 4. The van der Waals surface area contributed by atoms with E-state index in [4.69, 9.17) is 4.52 Å². The van der Waals surface area contributed by atoms with Gasteiger partial charge in [0.05, 0.1) is 24.5 Å². The first-order valence-corrected chi connectivity index (χ1v) is 7.98. The molecule has 110 valence electrons. The van der Waals surface area contributed by atoms with Crippen molar-refractivity contribution in [1.82, 2.24) is 24.8 Å². The second kappa shape index (κ2) is 6.90. The molecule has 0 bridgehead atoms. The van der Waals surface area contributed by atoms with Crippen molar-refractivity contribution in [3.8, 4) is 0 Å². The average molecular weight is 295 g/mol. The lowest BCUT2D eigenvalue weighted by atomic mass is 10.4. The van der Waals surface area contributed by atoms with Crippen LogP contribution >= 0.6 is 11.8 Å². The molecule has 0 unspecified atom stereocenters. The van der Waals surface area contributed by atoms with Crippen LogP contribution < -0.4 is 0 Å². The average Bonchev–Trinajstić information content (AvgIpc) is 2.94. The molecular weight excluding hydrogens is 274 g/mol. The smallest absolute Gasteiger partial charge is 0.240 e. The van der Waals surface area contributed by atoms with Crippen molar-refractivity contribution in [2.24, 2.45) is 0 Å². The third-order valence-electron chi connectivity index (χ3n) is 2.99. The molecule has 2 aromatic heterocycles. The molecule has 0 saturated carbocycles. The molecule has 0 N–H and O–H groups in total. The number of hydrogen-bond acceptors (Lipinski definition) is 6. The van der Waals surface area contributed by atoms with Crippen LogP contribution in [0.3, 0.4) is 0 Å². The van der Waals surface area contributed by atoms with Gasteiger partial charge in [0.2, 0.25) is 5.89 Å². The molecule has 2 heterocycles. The quantitative estimate of drug-likeness (QED) is 0.777. The van der Waals surface area contributed by atoms with Crippen LogP contribution in [-0.4, -0.2) is 44.7 Å². The molecule has 7 heteroatoms. The van der Waals surface area contributed by atoms with E-state index >= 15 is 0 Å². The van der Waals surface area contributed by atoms with Gasteiger partial charge in [-0.2, -0.15) is 21.8 Å². The Balaban J connectivity index is 1.82. The molecule has 0 saturated heterocycles. The predicted octanol–water partition coefficient (Wildman–Crippen LogP) is 1.88. The third kappa shape index (κ3) is 4.08. The minimum Gasteiger partial charge on any atom is -0.338 e. The van der Waals surface area contributed by atoms with Gasteiger partial charge in [0.15, 0.2) is 5.82 Å². The summed E-state index contributed by atoms with van der Waals surface area (Å²) in [4.78, 5) is 6.51. The zero-order chi connectivity index (χ0) is 14.5. The van der Waals surface area contributed by atoms with Gasteiger partial charge in [-0.15, -0.1) is 0 Å². The van der Waals surface area contributed by atoms with Crippen molar-refractivity contribution in [1.29, 1.82) is 0 Å². The second-order valence-corrected chi connectivity index (χ2v) is 5.79. The summed E-state index contributed by atoms with van der Waals surface area (Å²) in [5.41, 5.74) is 2.25. The van der Waals surface area contributed by atoms with Gasteiger partial charge in [0.25, 0.3) is 0 Å². The lowest BCUT2D eigenvalue weighted by molar-refractivity contribution is 0.254. The van der Waals surface area contributed by atoms with E-state index in [2.05, 4.69) is 33.1 Å². The fourth-order valence-corrected chi connectivity index (χ4v) is 2.39. The van der Waals surface area contributed by atoms with Gasteiger partial charge in [0, 0.05) is 12.2 Å². The molecule has 2 aromatic rings. The van der Waals surface area contributed by atoms with Gasteiger partial charge in [-0.1, -0.05) is 5.16 Å². The molecule has 0 radical (unpaired) electrons. The number of aryl methyl sites for hydroxylation is 2. The topological polar surface area (TPSA) is 60.0 Å². The van der Waals surface area contributed by atoms with Crippen LogP contribution in [0, 0.1) is 13.8 Å². The van der Waals surface area contributed by atoms with E-state index in [0.29, 0.717) is 12.4 Å². The van der Waals surface area contributed by atoms with Crippen molar-refractivity contribution in [2.45, 2.75) is 32.7 Å². The van der Waals surface area contributed by atoms with Crippen LogP contribution in [0.25, 0.3) is 0 Å². The fourth-order valence-electron chi connectivity index (χ4n) is 2.02. The molecule has 0 atom stereocenters. The van der Waals surface area contributed by atoms with Gasteiger partial charge < -0.3 is 4.52 Å². The SMILES string of the molecule is CSCc1noc(CN(C)CCn2nc(C)cc2C)n1. The highest BCUT2D eigenvalue weighted by molar-refractivity contribution is 7.97. The number of rotatable bonds is 7. The van der Waals surface area contributed by atoms with E-state index in [1.54, 1.807) is 11.8 Å². The largest absolute Gasteiger partial charge is 0.338 e. The first-order valence-electron chi connectivity index (χ1n) is 6.58. The first-order chi connectivity index (χ1) is 9.58. The zero-order valence-corrected chi connectivity index (χ0v) is 13.3. The Labute approximate surface area is 123 Å².